The molecule has 3 heterocycles. The van der Waals surface area contributed by atoms with Crippen LogP contribution in [-0.2, 0) is 19.6 Å². The van der Waals surface area contributed by atoms with Gasteiger partial charge < -0.3 is 5.11 Å². The van der Waals surface area contributed by atoms with Crippen LogP contribution in [0.25, 0.3) is 0 Å². The van der Waals surface area contributed by atoms with E-state index in [1.54, 1.807) is 17.1 Å². The van der Waals surface area contributed by atoms with Crippen molar-refractivity contribution in [3.63, 3.8) is 0 Å². The van der Waals surface area contributed by atoms with Crippen LogP contribution in [-0.4, -0.2) is 53.5 Å². The van der Waals surface area contributed by atoms with Gasteiger partial charge in [-0.25, -0.2) is 4.68 Å². The van der Waals surface area contributed by atoms with Gasteiger partial charge in [0.25, 0.3) is 0 Å². The molecule has 0 spiro atoms. The lowest BCUT2D eigenvalue weighted by molar-refractivity contribution is 0.0274. The van der Waals surface area contributed by atoms with E-state index in [1.165, 1.54) is 5.56 Å². The fourth-order valence-corrected chi connectivity index (χ4v) is 3.04. The van der Waals surface area contributed by atoms with Crippen molar-refractivity contribution in [3.8, 4) is 0 Å². The summed E-state index contributed by atoms with van der Waals surface area (Å²) in [7, 11) is 0. The minimum atomic E-state index is -0.721. The van der Waals surface area contributed by atoms with Crippen molar-refractivity contribution in [1.29, 1.82) is 0 Å². The number of hydrogen-bond donors (Lipinski definition) is 1. The van der Waals surface area contributed by atoms with Crippen molar-refractivity contribution in [2.75, 3.05) is 13.1 Å². The maximum atomic E-state index is 10.7. The molecule has 1 unspecified atom stereocenters. The molecule has 0 aromatic carbocycles. The third-order valence-electron chi connectivity index (χ3n) is 3.98. The van der Waals surface area contributed by atoms with Crippen LogP contribution in [0.5, 0.6) is 0 Å². The summed E-state index contributed by atoms with van der Waals surface area (Å²) in [5.41, 5.74) is 0.479. The first-order chi connectivity index (χ1) is 10.5. The second-order valence-corrected chi connectivity index (χ2v) is 6.75. The summed E-state index contributed by atoms with van der Waals surface area (Å²) < 4.78 is 3.70. The monoisotopic (exact) mass is 304 g/mol. The molecule has 1 aliphatic rings. The summed E-state index contributed by atoms with van der Waals surface area (Å²) in [6.45, 7) is 8.19. The second-order valence-electron chi connectivity index (χ2n) is 6.75. The zero-order valence-corrected chi connectivity index (χ0v) is 13.3. The predicted molar refractivity (Wildman–Crippen MR) is 81.9 cm³/mol. The lowest BCUT2D eigenvalue weighted by Crippen LogP contribution is -2.37. The Morgan fingerprint density at radius 1 is 1.36 bits per heavy atom. The van der Waals surface area contributed by atoms with Crippen LogP contribution in [0.2, 0.25) is 0 Å². The fourth-order valence-electron chi connectivity index (χ4n) is 3.04. The Morgan fingerprint density at radius 3 is 2.95 bits per heavy atom. The van der Waals surface area contributed by atoms with Crippen LogP contribution in [0.1, 0.15) is 25.8 Å². The summed E-state index contributed by atoms with van der Waals surface area (Å²) in [6.07, 6.45) is 8.22. The van der Waals surface area contributed by atoms with E-state index < -0.39 is 5.60 Å². The Balaban J connectivity index is 1.55. The normalized spacial score (nSPS) is 22.7. The van der Waals surface area contributed by atoms with Gasteiger partial charge in [0.15, 0.2) is 0 Å². The smallest absolute Gasteiger partial charge is 0.0981 e. The fraction of sp³-hybridized carbons (Fsp3) is 0.667. The Labute approximate surface area is 130 Å². The first kappa shape index (κ1) is 15.2. The van der Waals surface area contributed by atoms with Gasteiger partial charge >= 0.3 is 0 Å². The Kier molecular flexibility index (Phi) is 4.26. The van der Waals surface area contributed by atoms with Crippen LogP contribution >= 0.6 is 0 Å². The summed E-state index contributed by atoms with van der Waals surface area (Å²) in [5.74, 6) is 0.590. The van der Waals surface area contributed by atoms with E-state index in [4.69, 9.17) is 0 Å². The third kappa shape index (κ3) is 3.72. The SMILES string of the molecule is CC(C)Cn1cc(CN2CCC(O)(Cn3ccnn3)C2)cn1. The number of β-amino-alcohol motifs (C(OH)–C–C–N with tert-alkyl or cyclic N) is 1. The Morgan fingerprint density at radius 2 is 2.23 bits per heavy atom. The minimum absolute atomic E-state index is 0.496. The van der Waals surface area contributed by atoms with E-state index in [2.05, 4.69) is 40.4 Å². The molecule has 2 aromatic heterocycles. The van der Waals surface area contributed by atoms with E-state index in [0.717, 1.165) is 26.1 Å². The zero-order valence-electron chi connectivity index (χ0n) is 13.3. The van der Waals surface area contributed by atoms with E-state index in [-0.39, 0.29) is 0 Å². The van der Waals surface area contributed by atoms with Crippen molar-refractivity contribution in [2.45, 2.75) is 45.5 Å². The molecule has 2 aromatic rings. The van der Waals surface area contributed by atoms with Gasteiger partial charge in [0.1, 0.15) is 0 Å². The second kappa shape index (κ2) is 6.18. The molecular formula is C15H24N6O. The summed E-state index contributed by atoms with van der Waals surface area (Å²) in [6, 6.07) is 0. The van der Waals surface area contributed by atoms with Gasteiger partial charge in [-0.15, -0.1) is 5.10 Å². The van der Waals surface area contributed by atoms with Crippen molar-refractivity contribution in [3.05, 3.63) is 30.4 Å². The Hall–Kier alpha value is -1.73. The van der Waals surface area contributed by atoms with E-state index >= 15 is 0 Å². The topological polar surface area (TPSA) is 72.0 Å². The standard InChI is InChI=1S/C15H24N6O/c1-13(2)8-21-10-14(7-17-21)9-19-5-3-15(22,11-19)12-20-6-4-16-18-20/h4,6-7,10,13,22H,3,5,8-9,11-12H2,1-2H3. The van der Waals surface area contributed by atoms with Gasteiger partial charge in [0, 0.05) is 44.1 Å². The lowest BCUT2D eigenvalue weighted by Gasteiger charge is -2.22. The van der Waals surface area contributed by atoms with Gasteiger partial charge in [-0.2, -0.15) is 5.10 Å². The first-order valence-electron chi connectivity index (χ1n) is 7.83. The largest absolute Gasteiger partial charge is 0.387 e. The van der Waals surface area contributed by atoms with E-state index in [9.17, 15) is 5.11 Å². The number of nitrogens with zero attached hydrogens (tertiary/aromatic N) is 6. The van der Waals surface area contributed by atoms with E-state index in [0.29, 0.717) is 19.0 Å². The number of rotatable bonds is 6. The molecule has 0 aliphatic carbocycles. The number of aromatic nitrogens is 5. The zero-order chi connectivity index (χ0) is 15.6. The van der Waals surface area contributed by atoms with Crippen LogP contribution < -0.4 is 0 Å². The predicted octanol–water partition coefficient (Wildman–Crippen LogP) is 0.768. The molecule has 0 radical (unpaired) electrons. The molecule has 0 saturated carbocycles. The van der Waals surface area contributed by atoms with Crippen molar-refractivity contribution in [1.82, 2.24) is 29.7 Å². The van der Waals surface area contributed by atoms with E-state index in [1.807, 2.05) is 10.9 Å². The molecule has 1 aliphatic heterocycles. The van der Waals surface area contributed by atoms with Crippen LogP contribution in [0.4, 0.5) is 0 Å². The highest BCUT2D eigenvalue weighted by atomic mass is 16.3. The number of hydrogen-bond acceptors (Lipinski definition) is 5. The maximum Gasteiger partial charge on any atom is 0.0981 e. The molecule has 22 heavy (non-hydrogen) atoms. The lowest BCUT2D eigenvalue weighted by atomic mass is 10.0. The molecular weight excluding hydrogens is 280 g/mol. The first-order valence-corrected chi connectivity index (χ1v) is 7.83. The molecule has 120 valence electrons. The average molecular weight is 304 g/mol. The van der Waals surface area contributed by atoms with Gasteiger partial charge in [-0.1, -0.05) is 19.1 Å². The molecule has 1 saturated heterocycles. The average Bonchev–Trinajstić information content (AvgIpc) is 3.14. The van der Waals surface area contributed by atoms with Gasteiger partial charge in [0.05, 0.1) is 24.5 Å². The highest BCUT2D eigenvalue weighted by molar-refractivity contribution is 5.05. The van der Waals surface area contributed by atoms with Crippen molar-refractivity contribution in [2.24, 2.45) is 5.92 Å². The van der Waals surface area contributed by atoms with Gasteiger partial charge in [0.2, 0.25) is 0 Å². The highest BCUT2D eigenvalue weighted by Gasteiger charge is 2.36. The maximum absolute atomic E-state index is 10.7. The van der Waals surface area contributed by atoms with Gasteiger partial charge in [-0.05, 0) is 12.3 Å². The molecule has 0 amide bonds. The van der Waals surface area contributed by atoms with Gasteiger partial charge in [-0.3, -0.25) is 9.58 Å². The summed E-state index contributed by atoms with van der Waals surface area (Å²) >= 11 is 0. The summed E-state index contributed by atoms with van der Waals surface area (Å²) in [5, 5.41) is 22.8. The summed E-state index contributed by atoms with van der Waals surface area (Å²) in [4.78, 5) is 2.27. The quantitative estimate of drug-likeness (QED) is 0.853. The number of aliphatic hydroxyl groups is 1. The molecule has 1 atom stereocenters. The molecule has 7 nitrogen and oxygen atoms in total. The van der Waals surface area contributed by atoms with Crippen LogP contribution in [0.3, 0.4) is 0 Å². The molecule has 1 fully saturated rings. The van der Waals surface area contributed by atoms with Crippen LogP contribution in [0.15, 0.2) is 24.8 Å². The highest BCUT2D eigenvalue weighted by Crippen LogP contribution is 2.24. The van der Waals surface area contributed by atoms with Crippen molar-refractivity contribution < 1.29 is 5.11 Å². The molecule has 3 rings (SSSR count). The third-order valence-corrected chi connectivity index (χ3v) is 3.98. The Bertz CT molecular complexity index is 593. The molecule has 0 bridgehead atoms. The van der Waals surface area contributed by atoms with Crippen molar-refractivity contribution >= 4 is 0 Å². The molecule has 7 heteroatoms. The van der Waals surface area contributed by atoms with Crippen LogP contribution in [0, 0.1) is 5.92 Å². The minimum Gasteiger partial charge on any atom is -0.387 e. The molecule has 1 N–H and O–H groups in total. The number of likely N-dealkylation sites (tertiary alicyclic amines) is 1.